The van der Waals surface area contributed by atoms with Gasteiger partial charge in [-0.1, -0.05) is 57.6 Å². The molecule has 1 atom stereocenters. The van der Waals surface area contributed by atoms with Crippen LogP contribution in [0.4, 0.5) is 5.13 Å². The van der Waals surface area contributed by atoms with Gasteiger partial charge in [0.05, 0.1) is 22.2 Å². The van der Waals surface area contributed by atoms with Crippen LogP contribution in [0.1, 0.15) is 44.4 Å². The Labute approximate surface area is 206 Å². The Morgan fingerprint density at radius 2 is 1.91 bits per heavy atom. The summed E-state index contributed by atoms with van der Waals surface area (Å²) in [5.41, 5.74) is 1.47. The molecule has 5 rings (SSSR count). The van der Waals surface area contributed by atoms with Crippen LogP contribution >= 0.6 is 27.3 Å². The number of aliphatic hydroxyl groups is 1. The van der Waals surface area contributed by atoms with Gasteiger partial charge in [0.25, 0.3) is 5.91 Å². The SMILES string of the molecule is CC(=O)c1sc(N2C(=O)C(O)=C(C(=O)c3cc4ccccc4o3)[C@H]2c2cccc(Br)c2)nc1C. The van der Waals surface area contributed by atoms with Crippen molar-refractivity contribution < 1.29 is 23.9 Å². The van der Waals surface area contributed by atoms with E-state index >= 15 is 0 Å². The predicted octanol–water partition coefficient (Wildman–Crippen LogP) is 5.95. The van der Waals surface area contributed by atoms with Gasteiger partial charge in [-0.3, -0.25) is 19.3 Å². The van der Waals surface area contributed by atoms with Crippen LogP contribution in [0.25, 0.3) is 11.0 Å². The zero-order valence-electron chi connectivity index (χ0n) is 18.0. The molecular formula is C25H17BrN2O5S. The van der Waals surface area contributed by atoms with Gasteiger partial charge in [-0.25, -0.2) is 4.98 Å². The van der Waals surface area contributed by atoms with E-state index in [-0.39, 0.29) is 22.2 Å². The number of hydrogen-bond acceptors (Lipinski definition) is 7. The van der Waals surface area contributed by atoms with E-state index in [1.54, 1.807) is 43.3 Å². The van der Waals surface area contributed by atoms with E-state index < -0.39 is 23.5 Å². The summed E-state index contributed by atoms with van der Waals surface area (Å²) < 4.78 is 6.47. The van der Waals surface area contributed by atoms with Crippen molar-refractivity contribution in [1.29, 1.82) is 0 Å². The number of ketones is 2. The molecule has 4 aromatic rings. The molecule has 2 aromatic heterocycles. The number of halogens is 1. The molecule has 1 N–H and O–H groups in total. The second-order valence-electron chi connectivity index (χ2n) is 7.84. The first-order valence-electron chi connectivity index (χ1n) is 10.3. The van der Waals surface area contributed by atoms with Crippen molar-refractivity contribution in [3.63, 3.8) is 0 Å². The quantitative estimate of drug-likeness (QED) is 0.316. The predicted molar refractivity (Wildman–Crippen MR) is 131 cm³/mol. The average molecular weight is 537 g/mol. The number of fused-ring (bicyclic) bond motifs is 1. The number of thiazole rings is 1. The first-order chi connectivity index (χ1) is 16.3. The molecule has 170 valence electrons. The molecule has 0 saturated heterocycles. The molecule has 0 aliphatic carbocycles. The fourth-order valence-corrected chi connectivity index (χ4v) is 5.47. The van der Waals surface area contributed by atoms with E-state index in [0.717, 1.165) is 21.2 Å². The zero-order chi connectivity index (χ0) is 24.1. The molecule has 3 heterocycles. The van der Waals surface area contributed by atoms with Crippen molar-refractivity contribution in [3.05, 3.63) is 92.3 Å². The number of Topliss-reactive ketones (excluding diaryl/α,β-unsaturated/α-hetero) is 2. The minimum atomic E-state index is -0.962. The second-order valence-corrected chi connectivity index (χ2v) is 9.73. The largest absolute Gasteiger partial charge is 0.503 e. The van der Waals surface area contributed by atoms with Crippen molar-refractivity contribution in [3.8, 4) is 0 Å². The molecule has 1 amide bonds. The lowest BCUT2D eigenvalue weighted by Gasteiger charge is -2.24. The molecule has 0 fully saturated rings. The topological polar surface area (TPSA) is 101 Å². The van der Waals surface area contributed by atoms with Crippen LogP contribution in [0, 0.1) is 6.92 Å². The molecule has 7 nitrogen and oxygen atoms in total. The van der Waals surface area contributed by atoms with E-state index in [9.17, 15) is 19.5 Å². The summed E-state index contributed by atoms with van der Waals surface area (Å²) in [5, 5.41) is 11.9. The van der Waals surface area contributed by atoms with E-state index in [0.29, 0.717) is 21.7 Å². The molecule has 0 unspecified atom stereocenters. The Kier molecular flexibility index (Phi) is 5.45. The van der Waals surface area contributed by atoms with Crippen LogP contribution in [-0.2, 0) is 4.79 Å². The van der Waals surface area contributed by atoms with Gasteiger partial charge in [0.15, 0.2) is 22.4 Å². The number of carbonyl (C=O) groups is 3. The number of aromatic nitrogens is 1. The smallest absolute Gasteiger partial charge is 0.296 e. The number of benzene rings is 2. The fraction of sp³-hybridized carbons (Fsp3) is 0.120. The van der Waals surface area contributed by atoms with Crippen LogP contribution in [0.3, 0.4) is 0 Å². The third-order valence-corrected chi connectivity index (χ3v) is 7.33. The number of amides is 1. The molecule has 2 aromatic carbocycles. The van der Waals surface area contributed by atoms with E-state index in [1.165, 1.54) is 11.8 Å². The van der Waals surface area contributed by atoms with Gasteiger partial charge in [0, 0.05) is 16.8 Å². The number of carbonyl (C=O) groups excluding carboxylic acids is 3. The number of nitrogens with zero attached hydrogens (tertiary/aromatic N) is 2. The Morgan fingerprint density at radius 1 is 1.15 bits per heavy atom. The van der Waals surface area contributed by atoms with Crippen molar-refractivity contribution in [2.75, 3.05) is 4.90 Å². The number of furan rings is 1. The van der Waals surface area contributed by atoms with Crippen molar-refractivity contribution >= 4 is 60.8 Å². The van der Waals surface area contributed by atoms with Gasteiger partial charge < -0.3 is 9.52 Å². The lowest BCUT2D eigenvalue weighted by atomic mass is 9.95. The molecule has 1 aliphatic heterocycles. The number of hydrogen-bond donors (Lipinski definition) is 1. The Balaban J connectivity index is 1.68. The molecule has 0 saturated carbocycles. The van der Waals surface area contributed by atoms with E-state index in [4.69, 9.17) is 4.42 Å². The maximum absolute atomic E-state index is 13.6. The summed E-state index contributed by atoms with van der Waals surface area (Å²) in [6, 6.07) is 14.9. The van der Waals surface area contributed by atoms with Crippen molar-refractivity contribution in [1.82, 2.24) is 4.98 Å². The maximum Gasteiger partial charge on any atom is 0.296 e. The Hall–Kier alpha value is -3.56. The van der Waals surface area contributed by atoms with Crippen LogP contribution in [0.2, 0.25) is 0 Å². The lowest BCUT2D eigenvalue weighted by Crippen LogP contribution is -2.31. The monoisotopic (exact) mass is 536 g/mol. The standard InChI is InChI=1S/C25H17BrN2O5S/c1-12-23(13(2)29)34-25(27-12)28-20(15-7-5-8-16(26)10-15)19(22(31)24(28)32)21(30)18-11-14-6-3-4-9-17(14)33-18/h3-11,20,31H,1-2H3/t20-/m1/s1. The van der Waals surface area contributed by atoms with Gasteiger partial charge in [-0.15, -0.1) is 0 Å². The highest BCUT2D eigenvalue weighted by atomic mass is 79.9. The number of anilines is 1. The van der Waals surface area contributed by atoms with Gasteiger partial charge in [-0.05, 0) is 36.8 Å². The van der Waals surface area contributed by atoms with Crippen LogP contribution < -0.4 is 4.90 Å². The van der Waals surface area contributed by atoms with Gasteiger partial charge in [0.2, 0.25) is 5.78 Å². The van der Waals surface area contributed by atoms with Crippen LogP contribution in [0.15, 0.2) is 74.8 Å². The summed E-state index contributed by atoms with van der Waals surface area (Å²) in [4.78, 5) is 45.0. The second kappa shape index (κ2) is 8.34. The molecule has 34 heavy (non-hydrogen) atoms. The molecule has 0 bridgehead atoms. The van der Waals surface area contributed by atoms with Gasteiger partial charge in [0.1, 0.15) is 5.58 Å². The first kappa shape index (κ1) is 22.2. The summed E-state index contributed by atoms with van der Waals surface area (Å²) in [5.74, 6) is -2.21. The third-order valence-electron chi connectivity index (χ3n) is 5.58. The van der Waals surface area contributed by atoms with E-state index in [2.05, 4.69) is 20.9 Å². The summed E-state index contributed by atoms with van der Waals surface area (Å²) in [7, 11) is 0. The van der Waals surface area contributed by atoms with Crippen molar-refractivity contribution in [2.24, 2.45) is 0 Å². The third kappa shape index (κ3) is 3.57. The molecule has 9 heteroatoms. The zero-order valence-corrected chi connectivity index (χ0v) is 20.4. The fourth-order valence-electron chi connectivity index (χ4n) is 4.06. The highest BCUT2D eigenvalue weighted by Crippen LogP contribution is 2.44. The first-order valence-corrected chi connectivity index (χ1v) is 11.9. The highest BCUT2D eigenvalue weighted by molar-refractivity contribution is 9.10. The molecule has 1 aliphatic rings. The minimum absolute atomic E-state index is 0.0112. The molecule has 0 radical (unpaired) electrons. The summed E-state index contributed by atoms with van der Waals surface area (Å²) in [6.07, 6.45) is 0. The van der Waals surface area contributed by atoms with Crippen LogP contribution in [-0.4, -0.2) is 27.6 Å². The number of aryl methyl sites for hydroxylation is 1. The lowest BCUT2D eigenvalue weighted by molar-refractivity contribution is -0.117. The van der Waals surface area contributed by atoms with Gasteiger partial charge >= 0.3 is 0 Å². The Morgan fingerprint density at radius 3 is 2.59 bits per heavy atom. The normalized spacial score (nSPS) is 16.0. The molecule has 0 spiro atoms. The number of para-hydroxylation sites is 1. The van der Waals surface area contributed by atoms with Crippen LogP contribution in [0.5, 0.6) is 0 Å². The number of rotatable bonds is 5. The van der Waals surface area contributed by atoms with Gasteiger partial charge in [-0.2, -0.15) is 0 Å². The van der Waals surface area contributed by atoms with E-state index in [1.807, 2.05) is 18.2 Å². The Bertz CT molecular complexity index is 1500. The van der Waals surface area contributed by atoms with Crippen molar-refractivity contribution in [2.45, 2.75) is 19.9 Å². The summed E-state index contributed by atoms with van der Waals surface area (Å²) in [6.45, 7) is 3.10. The summed E-state index contributed by atoms with van der Waals surface area (Å²) >= 11 is 4.48. The maximum atomic E-state index is 13.6. The highest BCUT2D eigenvalue weighted by Gasteiger charge is 2.46. The number of aliphatic hydroxyl groups excluding tert-OH is 1. The minimum Gasteiger partial charge on any atom is -0.503 e. The molecular weight excluding hydrogens is 520 g/mol. The average Bonchev–Trinajstić information content (AvgIpc) is 3.47.